The van der Waals surface area contributed by atoms with E-state index >= 15 is 0 Å². The molecule has 0 fully saturated rings. The van der Waals surface area contributed by atoms with Crippen molar-refractivity contribution in [1.29, 1.82) is 0 Å². The second-order valence-electron chi connectivity index (χ2n) is 3.40. The first-order chi connectivity index (χ1) is 7.13. The lowest BCUT2D eigenvalue weighted by Gasteiger charge is -2.00. The van der Waals surface area contributed by atoms with Crippen LogP contribution < -0.4 is 0 Å². The maximum atomic E-state index is 5.86. The van der Waals surface area contributed by atoms with Gasteiger partial charge in [-0.15, -0.1) is 0 Å². The molecule has 0 saturated carbocycles. The summed E-state index contributed by atoms with van der Waals surface area (Å²) in [6, 6.07) is 8.27. The van der Waals surface area contributed by atoms with Gasteiger partial charge in [0.15, 0.2) is 0 Å². The topological polar surface area (TPSA) is 0 Å². The average Bonchev–Trinajstić information content (AvgIpc) is 2.26. The molecule has 0 aromatic heterocycles. The number of hydrogen-bond donors (Lipinski definition) is 0. The van der Waals surface area contributed by atoms with Crippen molar-refractivity contribution >= 4 is 17.2 Å². The van der Waals surface area contributed by atoms with E-state index in [1.807, 2.05) is 25.2 Å². The van der Waals surface area contributed by atoms with Crippen LogP contribution in [0.1, 0.15) is 18.1 Å². The van der Waals surface area contributed by atoms with Gasteiger partial charge in [0.1, 0.15) is 0 Å². The molecule has 1 aromatic carbocycles. The van der Waals surface area contributed by atoms with Gasteiger partial charge >= 0.3 is 0 Å². The molecule has 0 saturated heterocycles. The summed E-state index contributed by atoms with van der Waals surface area (Å²) in [5.41, 5.74) is 3.34. The zero-order chi connectivity index (χ0) is 11.3. The van der Waals surface area contributed by atoms with Crippen LogP contribution in [0.2, 0.25) is 0 Å². The van der Waals surface area contributed by atoms with Gasteiger partial charge < -0.3 is 0 Å². The number of benzene rings is 1. The quantitative estimate of drug-likeness (QED) is 0.645. The molecule has 0 N–H and O–H groups in total. The fourth-order valence-electron chi connectivity index (χ4n) is 1.14. The Bertz CT molecular complexity index is 394. The summed E-state index contributed by atoms with van der Waals surface area (Å²) in [5.74, 6) is 0. The number of allylic oxidation sites excluding steroid dienone is 5. The minimum Gasteiger partial charge on any atom is -0.0912 e. The predicted octanol–water partition coefficient (Wildman–Crippen LogP) is 4.71. The number of halogens is 1. The normalized spacial score (nSPS) is 12.1. The van der Waals surface area contributed by atoms with E-state index in [2.05, 4.69) is 37.8 Å². The number of hydrogen-bond acceptors (Lipinski definition) is 0. The van der Waals surface area contributed by atoms with Crippen molar-refractivity contribution in [2.75, 3.05) is 0 Å². The molecule has 15 heavy (non-hydrogen) atoms. The molecule has 0 amide bonds. The van der Waals surface area contributed by atoms with Gasteiger partial charge in [0.2, 0.25) is 0 Å². The Labute approximate surface area is 96.6 Å². The third kappa shape index (κ3) is 3.77. The Kier molecular flexibility index (Phi) is 4.38. The molecule has 0 nitrogen and oxygen atoms in total. The van der Waals surface area contributed by atoms with Gasteiger partial charge in [-0.05, 0) is 31.1 Å². The van der Waals surface area contributed by atoms with Crippen LogP contribution in [0.3, 0.4) is 0 Å². The summed E-state index contributed by atoms with van der Waals surface area (Å²) >= 11 is 5.86. The van der Waals surface area contributed by atoms with Gasteiger partial charge in [-0.2, -0.15) is 0 Å². The highest BCUT2D eigenvalue weighted by Crippen LogP contribution is 2.16. The van der Waals surface area contributed by atoms with Crippen LogP contribution in [-0.4, -0.2) is 0 Å². The van der Waals surface area contributed by atoms with Gasteiger partial charge in [0.05, 0.1) is 0 Å². The van der Waals surface area contributed by atoms with Gasteiger partial charge in [-0.25, -0.2) is 0 Å². The molecule has 78 valence electrons. The highest BCUT2D eigenvalue weighted by atomic mass is 35.5. The van der Waals surface area contributed by atoms with E-state index in [9.17, 15) is 0 Å². The van der Waals surface area contributed by atoms with Gasteiger partial charge in [0.25, 0.3) is 0 Å². The molecule has 0 bridgehead atoms. The molecule has 0 aliphatic rings. The van der Waals surface area contributed by atoms with Gasteiger partial charge in [-0.1, -0.05) is 60.2 Å². The maximum absolute atomic E-state index is 5.86. The molecule has 0 unspecified atom stereocenters. The first-order valence-electron chi connectivity index (χ1n) is 4.89. The second-order valence-corrected chi connectivity index (χ2v) is 3.83. The Morgan fingerprint density at radius 3 is 2.33 bits per heavy atom. The summed E-state index contributed by atoms with van der Waals surface area (Å²) in [5, 5.41) is 0.725. The predicted molar refractivity (Wildman–Crippen MR) is 69.0 cm³/mol. The molecule has 0 radical (unpaired) electrons. The van der Waals surface area contributed by atoms with Crippen molar-refractivity contribution in [3.8, 4) is 0 Å². The second kappa shape index (κ2) is 5.57. The third-order valence-corrected chi connectivity index (χ3v) is 2.49. The van der Waals surface area contributed by atoms with Crippen molar-refractivity contribution in [2.45, 2.75) is 13.8 Å². The Morgan fingerprint density at radius 1 is 1.20 bits per heavy atom. The molecule has 0 atom stereocenters. The fraction of sp³-hybridized carbons (Fsp3) is 0.143. The lowest BCUT2D eigenvalue weighted by molar-refractivity contribution is 1.46. The van der Waals surface area contributed by atoms with E-state index in [1.165, 1.54) is 5.56 Å². The molecule has 0 aliphatic heterocycles. The summed E-state index contributed by atoms with van der Waals surface area (Å²) in [6.07, 6.45) is 5.62. The van der Waals surface area contributed by atoms with Crippen LogP contribution in [0.15, 0.2) is 54.1 Å². The van der Waals surface area contributed by atoms with E-state index in [-0.39, 0.29) is 0 Å². The van der Waals surface area contributed by atoms with Crippen LogP contribution in [0.5, 0.6) is 0 Å². The monoisotopic (exact) mass is 218 g/mol. The minimum absolute atomic E-state index is 0.725. The average molecular weight is 219 g/mol. The maximum Gasteiger partial charge on any atom is 0.0363 e. The zero-order valence-electron chi connectivity index (χ0n) is 9.13. The highest BCUT2D eigenvalue weighted by molar-refractivity contribution is 6.31. The third-order valence-electron chi connectivity index (χ3n) is 2.14. The molecule has 1 heteroatoms. The van der Waals surface area contributed by atoms with Gasteiger partial charge in [-0.3, -0.25) is 0 Å². The van der Waals surface area contributed by atoms with E-state index in [1.54, 1.807) is 0 Å². The SMILES string of the molecule is C=C(/C=C\C(Cl)=C/C)c1ccc(C)cc1. The lowest BCUT2D eigenvalue weighted by Crippen LogP contribution is -1.79. The van der Waals surface area contributed by atoms with Crippen molar-refractivity contribution < 1.29 is 0 Å². The molecular formula is C14H15Cl. The largest absolute Gasteiger partial charge is 0.0912 e. The molecule has 0 heterocycles. The van der Waals surface area contributed by atoms with Crippen molar-refractivity contribution in [3.05, 3.63) is 65.2 Å². The van der Waals surface area contributed by atoms with Crippen LogP contribution in [0, 0.1) is 6.92 Å². The Balaban J connectivity index is 2.78. The summed E-state index contributed by atoms with van der Waals surface area (Å²) in [7, 11) is 0. The van der Waals surface area contributed by atoms with Crippen LogP contribution in [0.4, 0.5) is 0 Å². The number of aryl methyl sites for hydroxylation is 1. The highest BCUT2D eigenvalue weighted by Gasteiger charge is 1.94. The van der Waals surface area contributed by atoms with Crippen molar-refractivity contribution in [2.24, 2.45) is 0 Å². The van der Waals surface area contributed by atoms with E-state index in [0.717, 1.165) is 16.2 Å². The molecule has 1 rings (SSSR count). The van der Waals surface area contributed by atoms with Crippen LogP contribution in [-0.2, 0) is 0 Å². The number of rotatable bonds is 3. The first kappa shape index (κ1) is 11.8. The Hall–Kier alpha value is -1.27. The minimum atomic E-state index is 0.725. The van der Waals surface area contributed by atoms with E-state index in [4.69, 9.17) is 11.6 Å². The fourth-order valence-corrected chi connectivity index (χ4v) is 1.20. The van der Waals surface area contributed by atoms with Gasteiger partial charge in [0, 0.05) is 5.03 Å². The Morgan fingerprint density at radius 2 is 1.80 bits per heavy atom. The summed E-state index contributed by atoms with van der Waals surface area (Å²) in [4.78, 5) is 0. The molecular weight excluding hydrogens is 204 g/mol. The molecule has 0 aliphatic carbocycles. The van der Waals surface area contributed by atoms with Crippen molar-refractivity contribution in [3.63, 3.8) is 0 Å². The first-order valence-corrected chi connectivity index (χ1v) is 5.27. The summed E-state index contributed by atoms with van der Waals surface area (Å²) in [6.45, 7) is 7.96. The smallest absolute Gasteiger partial charge is 0.0363 e. The zero-order valence-corrected chi connectivity index (χ0v) is 9.88. The summed E-state index contributed by atoms with van der Waals surface area (Å²) < 4.78 is 0. The van der Waals surface area contributed by atoms with Crippen molar-refractivity contribution in [1.82, 2.24) is 0 Å². The molecule has 0 spiro atoms. The van der Waals surface area contributed by atoms with Crippen LogP contribution >= 0.6 is 11.6 Å². The van der Waals surface area contributed by atoms with Crippen LogP contribution in [0.25, 0.3) is 5.57 Å². The molecule has 1 aromatic rings. The lowest BCUT2D eigenvalue weighted by atomic mass is 10.1. The van der Waals surface area contributed by atoms with E-state index in [0.29, 0.717) is 0 Å². The van der Waals surface area contributed by atoms with E-state index < -0.39 is 0 Å². The standard InChI is InChI=1S/C14H15Cl/c1-4-14(15)10-7-12(3)13-8-5-11(2)6-9-13/h4-10H,3H2,1-2H3/b10-7-,14-4+.